The molecule has 1 heterocycles. The van der Waals surface area contributed by atoms with E-state index in [2.05, 4.69) is 71.4 Å². The summed E-state index contributed by atoms with van der Waals surface area (Å²) in [5.41, 5.74) is 3.97. The predicted octanol–water partition coefficient (Wildman–Crippen LogP) is 3.16. The van der Waals surface area contributed by atoms with Crippen LogP contribution in [0.25, 0.3) is 0 Å². The van der Waals surface area contributed by atoms with Crippen LogP contribution in [0, 0.1) is 0 Å². The van der Waals surface area contributed by atoms with Gasteiger partial charge in [-0.05, 0) is 23.3 Å². The minimum atomic E-state index is 0.859. The van der Waals surface area contributed by atoms with E-state index in [4.69, 9.17) is 4.74 Å². The topological polar surface area (TPSA) is 15.7 Å². The number of hydrogen-bond donors (Lipinski definition) is 0. The van der Waals surface area contributed by atoms with Gasteiger partial charge in [0.15, 0.2) is 0 Å². The molecule has 0 atom stereocenters. The lowest BCUT2D eigenvalue weighted by Gasteiger charge is -2.27. The van der Waals surface area contributed by atoms with Gasteiger partial charge in [-0.1, -0.05) is 42.5 Å². The summed E-state index contributed by atoms with van der Waals surface area (Å²) in [6.45, 7) is 5.75. The molecule has 0 radical (unpaired) electrons. The highest BCUT2D eigenvalue weighted by molar-refractivity contribution is 5.47. The first-order chi connectivity index (χ1) is 10.8. The van der Waals surface area contributed by atoms with E-state index in [1.54, 1.807) is 0 Å². The summed E-state index contributed by atoms with van der Waals surface area (Å²) in [4.78, 5) is 4.74. The third kappa shape index (κ3) is 4.09. The van der Waals surface area contributed by atoms with Gasteiger partial charge in [0.2, 0.25) is 0 Å². The van der Waals surface area contributed by atoms with Crippen molar-refractivity contribution < 1.29 is 4.74 Å². The summed E-state index contributed by atoms with van der Waals surface area (Å²) in [7, 11) is 2.14. The molecule has 3 nitrogen and oxygen atoms in total. The third-order valence-corrected chi connectivity index (χ3v) is 4.15. The average Bonchev–Trinajstić information content (AvgIpc) is 2.57. The molecule has 3 rings (SSSR count). The van der Waals surface area contributed by atoms with Gasteiger partial charge in [-0.3, -0.25) is 4.90 Å². The molecular weight excluding hydrogens is 272 g/mol. The second kappa shape index (κ2) is 7.43. The molecule has 0 saturated carbocycles. The van der Waals surface area contributed by atoms with E-state index < -0.39 is 0 Å². The Morgan fingerprint density at radius 2 is 1.59 bits per heavy atom. The van der Waals surface area contributed by atoms with Crippen molar-refractivity contribution in [2.24, 2.45) is 0 Å². The van der Waals surface area contributed by atoms with Crippen LogP contribution in [0.4, 0.5) is 5.69 Å². The fourth-order valence-electron chi connectivity index (χ4n) is 2.82. The minimum Gasteiger partial charge on any atom is -0.379 e. The zero-order valence-electron chi connectivity index (χ0n) is 13.2. The number of hydrogen-bond acceptors (Lipinski definition) is 3. The van der Waals surface area contributed by atoms with Crippen LogP contribution in [-0.2, 0) is 17.8 Å². The normalized spacial score (nSPS) is 15.7. The van der Waals surface area contributed by atoms with E-state index in [1.807, 2.05) is 0 Å². The van der Waals surface area contributed by atoms with Crippen molar-refractivity contribution in [3.63, 3.8) is 0 Å². The van der Waals surface area contributed by atoms with Gasteiger partial charge < -0.3 is 9.64 Å². The summed E-state index contributed by atoms with van der Waals surface area (Å²) >= 11 is 0. The molecule has 1 fully saturated rings. The van der Waals surface area contributed by atoms with Gasteiger partial charge in [-0.2, -0.15) is 0 Å². The number of nitrogens with zero attached hydrogens (tertiary/aromatic N) is 2. The molecule has 116 valence electrons. The average molecular weight is 296 g/mol. The van der Waals surface area contributed by atoms with Crippen LogP contribution in [-0.4, -0.2) is 38.3 Å². The van der Waals surface area contributed by atoms with Crippen LogP contribution >= 0.6 is 0 Å². The Labute approximate surface area is 133 Å². The van der Waals surface area contributed by atoms with Gasteiger partial charge in [0.1, 0.15) is 0 Å². The molecular formula is C19H24N2O. The molecule has 0 amide bonds. The smallest absolute Gasteiger partial charge is 0.0594 e. The molecule has 0 aliphatic carbocycles. The molecule has 1 saturated heterocycles. The summed E-state index contributed by atoms with van der Waals surface area (Å²) in [5.74, 6) is 0. The monoisotopic (exact) mass is 296 g/mol. The first-order valence-electron chi connectivity index (χ1n) is 7.95. The fraction of sp³-hybridized carbons (Fsp3) is 0.368. The van der Waals surface area contributed by atoms with Gasteiger partial charge in [-0.25, -0.2) is 0 Å². The minimum absolute atomic E-state index is 0.859. The standard InChI is InChI=1S/C19H24N2O/c1-20(15-17-5-3-2-4-6-17)19-9-7-18(8-10-19)16-21-11-13-22-14-12-21/h2-10H,11-16H2,1H3. The molecule has 0 aromatic heterocycles. The number of ether oxygens (including phenoxy) is 1. The summed E-state index contributed by atoms with van der Waals surface area (Å²) in [6, 6.07) is 19.5. The second-order valence-electron chi connectivity index (χ2n) is 5.90. The third-order valence-electron chi connectivity index (χ3n) is 4.15. The predicted molar refractivity (Wildman–Crippen MR) is 91.1 cm³/mol. The fourth-order valence-corrected chi connectivity index (χ4v) is 2.82. The Hall–Kier alpha value is -1.84. The molecule has 2 aromatic rings. The van der Waals surface area contributed by atoms with Gasteiger partial charge in [0.25, 0.3) is 0 Å². The highest BCUT2D eigenvalue weighted by Gasteiger charge is 2.10. The highest BCUT2D eigenvalue weighted by atomic mass is 16.5. The molecule has 1 aliphatic heterocycles. The van der Waals surface area contributed by atoms with Crippen molar-refractivity contribution in [3.05, 3.63) is 65.7 Å². The van der Waals surface area contributed by atoms with Crippen LogP contribution in [0.5, 0.6) is 0 Å². The largest absolute Gasteiger partial charge is 0.379 e. The van der Waals surface area contributed by atoms with Crippen LogP contribution < -0.4 is 4.90 Å². The van der Waals surface area contributed by atoms with E-state index >= 15 is 0 Å². The van der Waals surface area contributed by atoms with E-state index in [-0.39, 0.29) is 0 Å². The number of rotatable bonds is 5. The van der Waals surface area contributed by atoms with Crippen LogP contribution in [0.1, 0.15) is 11.1 Å². The number of benzene rings is 2. The summed E-state index contributed by atoms with van der Waals surface area (Å²) < 4.78 is 5.40. The van der Waals surface area contributed by atoms with Crippen molar-refractivity contribution in [1.82, 2.24) is 4.90 Å². The Morgan fingerprint density at radius 3 is 2.27 bits per heavy atom. The van der Waals surface area contributed by atoms with E-state index in [0.717, 1.165) is 39.4 Å². The van der Waals surface area contributed by atoms with Crippen LogP contribution in [0.3, 0.4) is 0 Å². The molecule has 3 heteroatoms. The quantitative estimate of drug-likeness (QED) is 0.843. The zero-order chi connectivity index (χ0) is 15.2. The van der Waals surface area contributed by atoms with Crippen molar-refractivity contribution in [2.45, 2.75) is 13.1 Å². The maximum atomic E-state index is 5.40. The Kier molecular flexibility index (Phi) is 5.09. The van der Waals surface area contributed by atoms with Crippen molar-refractivity contribution >= 4 is 5.69 Å². The Balaban J connectivity index is 1.58. The molecule has 0 unspecified atom stereocenters. The maximum Gasteiger partial charge on any atom is 0.0594 e. The van der Waals surface area contributed by atoms with Crippen molar-refractivity contribution in [2.75, 3.05) is 38.3 Å². The van der Waals surface area contributed by atoms with Crippen molar-refractivity contribution in [3.8, 4) is 0 Å². The van der Waals surface area contributed by atoms with E-state index in [0.29, 0.717) is 0 Å². The molecule has 22 heavy (non-hydrogen) atoms. The number of anilines is 1. The second-order valence-corrected chi connectivity index (χ2v) is 5.90. The highest BCUT2D eigenvalue weighted by Crippen LogP contribution is 2.17. The molecule has 2 aromatic carbocycles. The van der Waals surface area contributed by atoms with Gasteiger partial charge in [0, 0.05) is 38.9 Å². The summed E-state index contributed by atoms with van der Waals surface area (Å²) in [6.07, 6.45) is 0. The molecule has 0 N–H and O–H groups in total. The maximum absolute atomic E-state index is 5.40. The first kappa shape index (κ1) is 15.1. The molecule has 0 spiro atoms. The molecule has 1 aliphatic rings. The first-order valence-corrected chi connectivity index (χ1v) is 7.95. The molecule has 0 bridgehead atoms. The van der Waals surface area contributed by atoms with Crippen LogP contribution in [0.2, 0.25) is 0 Å². The van der Waals surface area contributed by atoms with E-state index in [9.17, 15) is 0 Å². The van der Waals surface area contributed by atoms with Crippen molar-refractivity contribution in [1.29, 1.82) is 0 Å². The zero-order valence-corrected chi connectivity index (χ0v) is 13.2. The number of morpholine rings is 1. The van der Waals surface area contributed by atoms with Gasteiger partial charge in [0.05, 0.1) is 13.2 Å². The van der Waals surface area contributed by atoms with E-state index in [1.165, 1.54) is 16.8 Å². The summed E-state index contributed by atoms with van der Waals surface area (Å²) in [5, 5.41) is 0. The Morgan fingerprint density at radius 1 is 0.909 bits per heavy atom. The van der Waals surface area contributed by atoms with Gasteiger partial charge in [-0.15, -0.1) is 0 Å². The van der Waals surface area contributed by atoms with Gasteiger partial charge >= 0.3 is 0 Å². The SMILES string of the molecule is CN(Cc1ccccc1)c1ccc(CN2CCOCC2)cc1. The van der Waals surface area contributed by atoms with Crippen LogP contribution in [0.15, 0.2) is 54.6 Å². The lowest BCUT2D eigenvalue weighted by molar-refractivity contribution is 0.0342. The Bertz CT molecular complexity index is 562. The lowest BCUT2D eigenvalue weighted by Crippen LogP contribution is -2.35. The lowest BCUT2D eigenvalue weighted by atomic mass is 10.1.